The summed E-state index contributed by atoms with van der Waals surface area (Å²) in [6, 6.07) is 15.5. The van der Waals surface area contributed by atoms with Crippen molar-refractivity contribution in [2.24, 2.45) is 0 Å². The molecule has 1 amide bonds. The summed E-state index contributed by atoms with van der Waals surface area (Å²) in [4.78, 5) is 28.4. The molecule has 1 N–H and O–H groups in total. The maximum absolute atomic E-state index is 12.9. The van der Waals surface area contributed by atoms with E-state index in [2.05, 4.69) is 4.98 Å². The lowest BCUT2D eigenvalue weighted by Gasteiger charge is -2.34. The number of carboxylic acid groups (broad SMARTS) is 1. The van der Waals surface area contributed by atoms with Gasteiger partial charge >= 0.3 is 0 Å². The van der Waals surface area contributed by atoms with E-state index in [-0.39, 0.29) is 5.91 Å². The number of carbonyl (C=O) groups excluding carboxylic acids is 1. The van der Waals surface area contributed by atoms with Crippen LogP contribution in [-0.2, 0) is 9.59 Å². The highest BCUT2D eigenvalue weighted by atomic mass is 35.5. The van der Waals surface area contributed by atoms with E-state index in [1.54, 1.807) is 6.20 Å². The van der Waals surface area contributed by atoms with Gasteiger partial charge in [-0.25, -0.2) is 0 Å². The van der Waals surface area contributed by atoms with Gasteiger partial charge in [0, 0.05) is 48.2 Å². The van der Waals surface area contributed by atoms with Gasteiger partial charge in [-0.1, -0.05) is 29.8 Å². The summed E-state index contributed by atoms with van der Waals surface area (Å²) in [5, 5.41) is 9.11. The summed E-state index contributed by atoms with van der Waals surface area (Å²) in [7, 11) is 0. The van der Waals surface area contributed by atoms with E-state index in [4.69, 9.17) is 26.2 Å². The van der Waals surface area contributed by atoms with Crippen molar-refractivity contribution in [1.82, 2.24) is 9.88 Å². The van der Waals surface area contributed by atoms with Crippen molar-refractivity contribution in [2.45, 2.75) is 45.6 Å². The number of rotatable bonds is 4. The fraction of sp³-hybridized carbons (Fsp3) is 0.346. The summed E-state index contributed by atoms with van der Waals surface area (Å²) in [5.41, 5.74) is 1.87. The minimum absolute atomic E-state index is 0.0371. The Hall–Kier alpha value is -3.12. The van der Waals surface area contributed by atoms with Crippen LogP contribution < -0.4 is 4.74 Å². The second-order valence-corrected chi connectivity index (χ2v) is 8.91. The number of hydrogen-bond donors (Lipinski definition) is 1. The van der Waals surface area contributed by atoms with Crippen LogP contribution in [0.15, 0.2) is 54.7 Å². The minimum atomic E-state index is -0.925. The van der Waals surface area contributed by atoms with E-state index in [1.807, 2.05) is 67.3 Å². The van der Waals surface area contributed by atoms with Crippen molar-refractivity contribution in [3.05, 3.63) is 59.8 Å². The molecule has 0 bridgehead atoms. The molecule has 1 fully saturated rings. The number of aromatic nitrogens is 1. The standard InChI is InChI=1S/C24H25ClN2O2.C2H4O2/c1-24(2,23(28)27-14-6-3-7-15-27)29-17-10-11-20-18(12-13-26-22(20)16-17)19-8-4-5-9-21(19)25;1-2(3)4/h4-5,8-13,16H,3,6-7,14-15H2,1-2H3;1H3,(H,3,4). The van der Waals surface area contributed by atoms with E-state index in [9.17, 15) is 4.79 Å². The van der Waals surface area contributed by atoms with Gasteiger partial charge in [-0.2, -0.15) is 0 Å². The number of pyridine rings is 1. The second kappa shape index (κ2) is 10.7. The summed E-state index contributed by atoms with van der Waals surface area (Å²) in [6.07, 6.45) is 5.09. The van der Waals surface area contributed by atoms with Crippen LogP contribution in [0.3, 0.4) is 0 Å². The Bertz CT molecular complexity index is 1140. The van der Waals surface area contributed by atoms with Crippen LogP contribution in [0, 0.1) is 0 Å². The number of likely N-dealkylation sites (tertiary alicyclic amines) is 1. The molecule has 1 aliphatic rings. The van der Waals surface area contributed by atoms with E-state index < -0.39 is 11.6 Å². The highest BCUT2D eigenvalue weighted by Crippen LogP contribution is 2.34. The SMILES string of the molecule is CC(=O)O.CC(C)(Oc1ccc2c(-c3ccccc3Cl)ccnc2c1)C(=O)N1CCCCC1. The predicted molar refractivity (Wildman–Crippen MR) is 131 cm³/mol. The number of benzene rings is 2. The molecule has 6 nitrogen and oxygen atoms in total. The van der Waals surface area contributed by atoms with Crippen LogP contribution in [0.25, 0.3) is 22.0 Å². The van der Waals surface area contributed by atoms with E-state index >= 15 is 0 Å². The third kappa shape index (κ3) is 6.23. The average molecular weight is 469 g/mol. The zero-order valence-corrected chi connectivity index (χ0v) is 19.9. The van der Waals surface area contributed by atoms with Crippen LogP contribution in [0.2, 0.25) is 5.02 Å². The van der Waals surface area contributed by atoms with Gasteiger partial charge in [0.2, 0.25) is 0 Å². The first-order chi connectivity index (χ1) is 15.7. The molecule has 1 aliphatic heterocycles. The van der Waals surface area contributed by atoms with Crippen molar-refractivity contribution < 1.29 is 19.4 Å². The van der Waals surface area contributed by atoms with E-state index in [1.165, 1.54) is 6.42 Å². The molecule has 7 heteroatoms. The normalized spacial score (nSPS) is 13.8. The smallest absolute Gasteiger partial charge is 0.300 e. The van der Waals surface area contributed by atoms with Crippen molar-refractivity contribution in [3.63, 3.8) is 0 Å². The van der Waals surface area contributed by atoms with Crippen molar-refractivity contribution in [2.75, 3.05) is 13.1 Å². The Morgan fingerprint density at radius 2 is 1.70 bits per heavy atom. The van der Waals surface area contributed by atoms with Crippen LogP contribution in [-0.4, -0.2) is 45.6 Å². The topological polar surface area (TPSA) is 79.7 Å². The van der Waals surface area contributed by atoms with Crippen molar-refractivity contribution >= 4 is 34.4 Å². The fourth-order valence-corrected chi connectivity index (χ4v) is 4.16. The number of piperidine rings is 1. The molecule has 1 aromatic heterocycles. The lowest BCUT2D eigenvalue weighted by atomic mass is 10.0. The number of hydrogen-bond acceptors (Lipinski definition) is 4. The number of carbonyl (C=O) groups is 2. The molecule has 4 rings (SSSR count). The highest BCUT2D eigenvalue weighted by molar-refractivity contribution is 6.33. The first-order valence-corrected chi connectivity index (χ1v) is 11.4. The zero-order chi connectivity index (χ0) is 24.0. The molecule has 33 heavy (non-hydrogen) atoms. The maximum Gasteiger partial charge on any atom is 0.300 e. The monoisotopic (exact) mass is 468 g/mol. The molecule has 0 radical (unpaired) electrons. The Morgan fingerprint density at radius 1 is 1.03 bits per heavy atom. The first kappa shape index (κ1) is 24.5. The second-order valence-electron chi connectivity index (χ2n) is 8.50. The predicted octanol–water partition coefficient (Wildman–Crippen LogP) is 5.82. The molecule has 2 aromatic carbocycles. The minimum Gasteiger partial charge on any atom is -0.481 e. The Balaban J connectivity index is 0.000000709. The third-order valence-electron chi connectivity index (χ3n) is 5.41. The highest BCUT2D eigenvalue weighted by Gasteiger charge is 2.34. The largest absolute Gasteiger partial charge is 0.481 e. The first-order valence-electron chi connectivity index (χ1n) is 11.0. The molecule has 0 aliphatic carbocycles. The summed E-state index contributed by atoms with van der Waals surface area (Å²) >= 11 is 6.40. The van der Waals surface area contributed by atoms with Crippen LogP contribution in [0.5, 0.6) is 5.75 Å². The van der Waals surface area contributed by atoms with Gasteiger partial charge in [0.05, 0.1) is 5.52 Å². The fourth-order valence-electron chi connectivity index (χ4n) is 3.92. The molecule has 0 atom stereocenters. The van der Waals surface area contributed by atoms with Gasteiger partial charge in [-0.3, -0.25) is 14.6 Å². The van der Waals surface area contributed by atoms with Crippen molar-refractivity contribution in [3.8, 4) is 16.9 Å². The molecule has 2 heterocycles. The van der Waals surface area contributed by atoms with Gasteiger partial charge in [0.15, 0.2) is 5.60 Å². The molecule has 3 aromatic rings. The van der Waals surface area contributed by atoms with Crippen LogP contribution >= 0.6 is 11.6 Å². The number of fused-ring (bicyclic) bond motifs is 1. The number of halogens is 1. The van der Waals surface area contributed by atoms with Gasteiger partial charge in [-0.05, 0) is 62.9 Å². The maximum atomic E-state index is 12.9. The van der Waals surface area contributed by atoms with Gasteiger partial charge < -0.3 is 14.7 Å². The Morgan fingerprint density at radius 3 is 2.36 bits per heavy atom. The summed E-state index contributed by atoms with van der Waals surface area (Å²) in [5.74, 6) is -0.160. The summed E-state index contributed by atoms with van der Waals surface area (Å²) < 4.78 is 6.14. The van der Waals surface area contributed by atoms with Gasteiger partial charge in [0.1, 0.15) is 5.75 Å². The van der Waals surface area contributed by atoms with E-state index in [0.717, 1.165) is 54.9 Å². The molecular weight excluding hydrogens is 440 g/mol. The Kier molecular flexibility index (Phi) is 7.92. The number of nitrogens with zero attached hydrogens (tertiary/aromatic N) is 2. The molecule has 1 saturated heterocycles. The number of amides is 1. The molecule has 0 saturated carbocycles. The average Bonchev–Trinajstić information content (AvgIpc) is 2.78. The number of carboxylic acids is 1. The van der Waals surface area contributed by atoms with Gasteiger partial charge in [-0.15, -0.1) is 0 Å². The van der Waals surface area contributed by atoms with E-state index in [0.29, 0.717) is 10.8 Å². The van der Waals surface area contributed by atoms with Crippen LogP contribution in [0.1, 0.15) is 40.0 Å². The van der Waals surface area contributed by atoms with Crippen molar-refractivity contribution in [1.29, 1.82) is 0 Å². The number of aliphatic carboxylic acids is 1. The molecule has 174 valence electrons. The van der Waals surface area contributed by atoms with Crippen LogP contribution in [0.4, 0.5) is 0 Å². The zero-order valence-electron chi connectivity index (χ0n) is 19.2. The summed E-state index contributed by atoms with van der Waals surface area (Å²) in [6.45, 7) is 6.38. The quantitative estimate of drug-likeness (QED) is 0.522. The number of ether oxygens (including phenoxy) is 1. The molecule has 0 spiro atoms. The lowest BCUT2D eigenvalue weighted by Crippen LogP contribution is -2.50. The lowest BCUT2D eigenvalue weighted by molar-refractivity contribution is -0.146. The van der Waals surface area contributed by atoms with Gasteiger partial charge in [0.25, 0.3) is 11.9 Å². The molecule has 0 unspecified atom stereocenters. The Labute approximate surface area is 199 Å². The molecular formula is C26H29ClN2O4. The third-order valence-corrected chi connectivity index (χ3v) is 5.74.